The second kappa shape index (κ2) is 1.84. The van der Waals surface area contributed by atoms with Crippen LogP contribution in [0.3, 0.4) is 0 Å². The average Bonchev–Trinajstić information content (AvgIpc) is 1.69. The molecule has 1 heterocycles. The van der Waals surface area contributed by atoms with Gasteiger partial charge in [0.25, 0.3) is 0 Å². The molecule has 4 heteroatoms. The minimum Gasteiger partial charge on any atom is -0.223 e. The summed E-state index contributed by atoms with van der Waals surface area (Å²) >= 11 is 5.23. The van der Waals surface area contributed by atoms with Gasteiger partial charge in [0.05, 0.1) is 6.20 Å². The minimum atomic E-state index is 0.152. The van der Waals surface area contributed by atoms with Crippen molar-refractivity contribution in [2.45, 2.75) is 0 Å². The molecule has 0 aliphatic rings. The largest absolute Gasteiger partial charge is 0.242 e. The van der Waals surface area contributed by atoms with E-state index in [1.54, 1.807) is 0 Å². The zero-order valence-electron chi connectivity index (χ0n) is 3.30. The van der Waals surface area contributed by atoms with Gasteiger partial charge in [-0.1, -0.05) is 0 Å². The van der Waals surface area contributed by atoms with Crippen molar-refractivity contribution in [3.05, 3.63) is 17.7 Å². The van der Waals surface area contributed by atoms with Crippen LogP contribution in [0.2, 0.25) is 5.28 Å². The van der Waals surface area contributed by atoms with Gasteiger partial charge in [-0.05, 0) is 11.6 Å². The summed E-state index contributed by atoms with van der Waals surface area (Å²) in [5, 5.41) is 6.79. The molecule has 1 aromatic rings. The Balaban J connectivity index is 3.02. The highest BCUT2D eigenvalue weighted by molar-refractivity contribution is 6.28. The summed E-state index contributed by atoms with van der Waals surface area (Å²) in [6.07, 6.45) is 3.73. The molecule has 35 valence electrons. The molecule has 7 heavy (non-hydrogen) atoms. The molecule has 0 saturated carbocycles. The summed E-state index contributed by atoms with van der Waals surface area (Å²) in [7, 11) is 0. The number of aromatic nitrogens is 3. The van der Waals surface area contributed by atoms with Crippen LogP contribution in [-0.2, 0) is 0 Å². The Morgan fingerprint density at radius 2 is 2.57 bits per heavy atom. The standard InChI is InChI=1S/C3HClN3/c4-3-5-1-2-6-7-3/h1H. The maximum Gasteiger partial charge on any atom is 0.242 e. The third kappa shape index (κ3) is 1.08. The fourth-order valence-electron chi connectivity index (χ4n) is 0.204. The summed E-state index contributed by atoms with van der Waals surface area (Å²) in [6, 6.07) is 0. The Morgan fingerprint density at radius 3 is 2.86 bits per heavy atom. The smallest absolute Gasteiger partial charge is 0.223 e. The molecule has 0 unspecified atom stereocenters. The first kappa shape index (κ1) is 4.46. The van der Waals surface area contributed by atoms with Crippen molar-refractivity contribution < 1.29 is 0 Å². The zero-order chi connectivity index (χ0) is 5.11. The molecule has 0 saturated heterocycles. The van der Waals surface area contributed by atoms with E-state index >= 15 is 0 Å². The lowest BCUT2D eigenvalue weighted by Gasteiger charge is -1.76. The van der Waals surface area contributed by atoms with Crippen molar-refractivity contribution in [3.8, 4) is 0 Å². The lowest BCUT2D eigenvalue weighted by atomic mass is 10.9. The molecule has 0 aliphatic carbocycles. The maximum absolute atomic E-state index is 5.23. The van der Waals surface area contributed by atoms with Crippen molar-refractivity contribution >= 4 is 11.6 Å². The third-order valence-corrected chi connectivity index (χ3v) is 0.592. The van der Waals surface area contributed by atoms with Crippen LogP contribution in [0.5, 0.6) is 0 Å². The van der Waals surface area contributed by atoms with E-state index in [9.17, 15) is 0 Å². The average molecular weight is 115 g/mol. The van der Waals surface area contributed by atoms with Crippen molar-refractivity contribution in [1.82, 2.24) is 15.2 Å². The molecule has 0 aliphatic heterocycles. The molecule has 0 aromatic carbocycles. The lowest BCUT2D eigenvalue weighted by molar-refractivity contribution is 0.962. The predicted molar refractivity (Wildman–Crippen MR) is 23.7 cm³/mol. The zero-order valence-corrected chi connectivity index (χ0v) is 4.05. The van der Waals surface area contributed by atoms with Crippen LogP contribution in [0.1, 0.15) is 0 Å². The molecule has 1 radical (unpaired) electrons. The minimum absolute atomic E-state index is 0.152. The quantitative estimate of drug-likeness (QED) is 0.488. The van der Waals surface area contributed by atoms with Gasteiger partial charge in [-0.15, -0.1) is 10.2 Å². The topological polar surface area (TPSA) is 38.7 Å². The van der Waals surface area contributed by atoms with Crippen LogP contribution in [0.15, 0.2) is 6.20 Å². The molecule has 0 fully saturated rings. The molecular formula is C3HClN3. The summed E-state index contributed by atoms with van der Waals surface area (Å²) in [6.45, 7) is 0. The van der Waals surface area contributed by atoms with E-state index in [1.807, 2.05) is 0 Å². The van der Waals surface area contributed by atoms with Crippen LogP contribution in [0, 0.1) is 6.20 Å². The highest BCUT2D eigenvalue weighted by Gasteiger charge is 1.80. The van der Waals surface area contributed by atoms with E-state index in [-0.39, 0.29) is 5.28 Å². The first-order chi connectivity index (χ1) is 3.39. The summed E-state index contributed by atoms with van der Waals surface area (Å²) in [5.41, 5.74) is 0. The molecule has 0 amide bonds. The van der Waals surface area contributed by atoms with Gasteiger partial charge in [-0.3, -0.25) is 0 Å². The number of rotatable bonds is 0. The Bertz CT molecular complexity index is 140. The molecule has 0 atom stereocenters. The van der Waals surface area contributed by atoms with E-state index in [0.29, 0.717) is 0 Å². The van der Waals surface area contributed by atoms with Crippen LogP contribution >= 0.6 is 11.6 Å². The van der Waals surface area contributed by atoms with E-state index in [4.69, 9.17) is 11.6 Å². The summed E-state index contributed by atoms with van der Waals surface area (Å²) < 4.78 is 0. The molecule has 1 rings (SSSR count). The predicted octanol–water partition coefficient (Wildman–Crippen LogP) is 0.325. The van der Waals surface area contributed by atoms with E-state index in [1.165, 1.54) is 6.20 Å². The first-order valence-corrected chi connectivity index (χ1v) is 1.98. The fourth-order valence-corrected chi connectivity index (χ4v) is 0.290. The van der Waals surface area contributed by atoms with Crippen molar-refractivity contribution in [1.29, 1.82) is 0 Å². The monoisotopic (exact) mass is 114 g/mol. The summed E-state index contributed by atoms with van der Waals surface area (Å²) in [4.78, 5) is 3.52. The van der Waals surface area contributed by atoms with Crippen LogP contribution in [-0.4, -0.2) is 15.2 Å². The Hall–Kier alpha value is -0.700. The fraction of sp³-hybridized carbons (Fsp3) is 0. The molecule has 0 spiro atoms. The highest BCUT2D eigenvalue weighted by Crippen LogP contribution is 1.89. The van der Waals surface area contributed by atoms with Gasteiger partial charge in [-0.25, -0.2) is 4.98 Å². The normalized spacial score (nSPS) is 8.71. The van der Waals surface area contributed by atoms with Gasteiger partial charge in [0.15, 0.2) is 0 Å². The molecule has 3 nitrogen and oxygen atoms in total. The van der Waals surface area contributed by atoms with Gasteiger partial charge in [-0.2, -0.15) is 0 Å². The van der Waals surface area contributed by atoms with E-state index < -0.39 is 0 Å². The first-order valence-electron chi connectivity index (χ1n) is 1.61. The summed E-state index contributed by atoms with van der Waals surface area (Å²) in [5.74, 6) is 0. The van der Waals surface area contributed by atoms with Crippen LogP contribution < -0.4 is 0 Å². The maximum atomic E-state index is 5.23. The van der Waals surface area contributed by atoms with Crippen LogP contribution in [0.4, 0.5) is 0 Å². The van der Waals surface area contributed by atoms with Crippen molar-refractivity contribution in [3.63, 3.8) is 0 Å². The van der Waals surface area contributed by atoms with E-state index in [0.717, 1.165) is 0 Å². The number of hydrogen-bond donors (Lipinski definition) is 0. The second-order valence-corrected chi connectivity index (χ2v) is 1.19. The van der Waals surface area contributed by atoms with Crippen LogP contribution in [0.25, 0.3) is 0 Å². The molecule has 0 bridgehead atoms. The van der Waals surface area contributed by atoms with Crippen molar-refractivity contribution in [2.75, 3.05) is 0 Å². The number of hydrogen-bond acceptors (Lipinski definition) is 3. The van der Waals surface area contributed by atoms with Gasteiger partial charge in [0.2, 0.25) is 5.28 Å². The molecular weight excluding hydrogens is 114 g/mol. The molecule has 1 aromatic heterocycles. The second-order valence-electron chi connectivity index (χ2n) is 0.856. The van der Waals surface area contributed by atoms with Gasteiger partial charge < -0.3 is 0 Å². The van der Waals surface area contributed by atoms with Gasteiger partial charge >= 0.3 is 0 Å². The number of nitrogens with zero attached hydrogens (tertiary/aromatic N) is 3. The highest BCUT2D eigenvalue weighted by atomic mass is 35.5. The molecule has 0 N–H and O–H groups in total. The Labute approximate surface area is 45.4 Å². The number of halogens is 1. The Morgan fingerprint density at radius 1 is 1.71 bits per heavy atom. The van der Waals surface area contributed by atoms with Gasteiger partial charge in [0, 0.05) is 0 Å². The Kier molecular flexibility index (Phi) is 1.17. The van der Waals surface area contributed by atoms with Gasteiger partial charge in [0.1, 0.15) is 6.20 Å². The third-order valence-electron chi connectivity index (χ3n) is 0.419. The van der Waals surface area contributed by atoms with Crippen molar-refractivity contribution in [2.24, 2.45) is 0 Å². The lowest BCUT2D eigenvalue weighted by Crippen LogP contribution is -1.81. The van der Waals surface area contributed by atoms with E-state index in [2.05, 4.69) is 21.4 Å². The SMILES string of the molecule is Clc1nc[c]nn1.